The van der Waals surface area contributed by atoms with Gasteiger partial charge in [-0.05, 0) is 45.4 Å². The van der Waals surface area contributed by atoms with Crippen LogP contribution in [0.1, 0.15) is 56.6 Å². The summed E-state index contributed by atoms with van der Waals surface area (Å²) in [5, 5.41) is 9.89. The van der Waals surface area contributed by atoms with Gasteiger partial charge in [-0.15, -0.1) is 0 Å². The Morgan fingerprint density at radius 3 is 2.76 bits per heavy atom. The summed E-state index contributed by atoms with van der Waals surface area (Å²) >= 11 is 0. The minimum atomic E-state index is -0.129. The first-order chi connectivity index (χ1) is 8.11. The van der Waals surface area contributed by atoms with Crippen molar-refractivity contribution in [3.63, 3.8) is 0 Å². The van der Waals surface area contributed by atoms with E-state index in [2.05, 4.69) is 29.6 Å². The first kappa shape index (κ1) is 12.6. The van der Waals surface area contributed by atoms with Crippen molar-refractivity contribution in [3.05, 3.63) is 17.7 Å². The Bertz CT molecular complexity index is 372. The molecule has 3 heteroatoms. The van der Waals surface area contributed by atoms with Crippen LogP contribution in [0.5, 0.6) is 0 Å². The fourth-order valence-electron chi connectivity index (χ4n) is 3.21. The first-order valence-electron chi connectivity index (χ1n) is 6.82. The van der Waals surface area contributed by atoms with E-state index in [1.165, 1.54) is 12.8 Å². The highest BCUT2D eigenvalue weighted by molar-refractivity contribution is 5.04. The van der Waals surface area contributed by atoms with Gasteiger partial charge in [-0.3, -0.25) is 0 Å². The molecule has 2 rings (SSSR count). The van der Waals surface area contributed by atoms with Gasteiger partial charge in [-0.1, -0.05) is 13.3 Å². The molecule has 1 fully saturated rings. The summed E-state index contributed by atoms with van der Waals surface area (Å²) in [5.74, 6) is 1.79. The molecule has 3 nitrogen and oxygen atoms in total. The summed E-state index contributed by atoms with van der Waals surface area (Å²) < 4.78 is 2.29. The van der Waals surface area contributed by atoms with Crippen molar-refractivity contribution in [1.82, 2.24) is 9.55 Å². The molecule has 1 aliphatic carbocycles. The summed E-state index contributed by atoms with van der Waals surface area (Å²) in [5.41, 5.74) is 1.08. The van der Waals surface area contributed by atoms with E-state index in [1.54, 1.807) is 0 Å². The van der Waals surface area contributed by atoms with Gasteiger partial charge < -0.3 is 9.67 Å². The van der Waals surface area contributed by atoms with Gasteiger partial charge in [0.25, 0.3) is 0 Å². The van der Waals surface area contributed by atoms with Crippen LogP contribution in [0.3, 0.4) is 0 Å². The van der Waals surface area contributed by atoms with Crippen molar-refractivity contribution >= 4 is 0 Å². The predicted octanol–water partition coefficient (Wildman–Crippen LogP) is 3.00. The van der Waals surface area contributed by atoms with E-state index in [9.17, 15) is 5.11 Å². The molecule has 17 heavy (non-hydrogen) atoms. The number of hydrogen-bond acceptors (Lipinski definition) is 2. The Balaban J connectivity index is 2.22. The third-order valence-corrected chi connectivity index (χ3v) is 3.98. The van der Waals surface area contributed by atoms with Gasteiger partial charge >= 0.3 is 0 Å². The van der Waals surface area contributed by atoms with E-state index < -0.39 is 0 Å². The third-order valence-electron chi connectivity index (χ3n) is 3.98. The van der Waals surface area contributed by atoms with Crippen LogP contribution < -0.4 is 0 Å². The Hall–Kier alpha value is -0.830. The van der Waals surface area contributed by atoms with Gasteiger partial charge in [-0.25, -0.2) is 4.98 Å². The summed E-state index contributed by atoms with van der Waals surface area (Å²) in [6, 6.07) is 0.444. The monoisotopic (exact) mass is 236 g/mol. The normalized spacial score (nSPS) is 29.5. The van der Waals surface area contributed by atoms with Crippen molar-refractivity contribution < 1.29 is 5.11 Å². The highest BCUT2D eigenvalue weighted by Crippen LogP contribution is 2.37. The number of nitrogens with zero attached hydrogens (tertiary/aromatic N) is 2. The van der Waals surface area contributed by atoms with Crippen molar-refractivity contribution in [2.75, 3.05) is 0 Å². The van der Waals surface area contributed by atoms with Crippen molar-refractivity contribution in [2.45, 2.75) is 65.0 Å². The van der Waals surface area contributed by atoms with Crippen molar-refractivity contribution in [2.24, 2.45) is 5.92 Å². The fourth-order valence-corrected chi connectivity index (χ4v) is 3.21. The third kappa shape index (κ3) is 2.71. The fraction of sp³-hybridized carbons (Fsp3) is 0.786. The number of imidazole rings is 1. The van der Waals surface area contributed by atoms with E-state index in [-0.39, 0.29) is 6.10 Å². The van der Waals surface area contributed by atoms with Crippen LogP contribution in [0.4, 0.5) is 0 Å². The molecule has 0 bridgehead atoms. The minimum Gasteiger partial charge on any atom is -0.393 e. The highest BCUT2D eigenvalue weighted by atomic mass is 16.3. The van der Waals surface area contributed by atoms with Gasteiger partial charge in [-0.2, -0.15) is 0 Å². The zero-order valence-electron chi connectivity index (χ0n) is 11.2. The standard InChI is InChI=1S/C14H24N2O/c1-4-5-12-6-7-13(17)8-14(12)16-9-10(2)15-11(16)3/h9,12-14,17H,4-8H2,1-3H3. The molecular formula is C14H24N2O. The molecule has 0 radical (unpaired) electrons. The summed E-state index contributed by atoms with van der Waals surface area (Å²) in [4.78, 5) is 4.49. The van der Waals surface area contributed by atoms with Crippen LogP contribution in [0.15, 0.2) is 6.20 Å². The molecule has 3 atom stereocenters. The van der Waals surface area contributed by atoms with Crippen LogP contribution in [0, 0.1) is 19.8 Å². The van der Waals surface area contributed by atoms with E-state index in [4.69, 9.17) is 0 Å². The van der Waals surface area contributed by atoms with Crippen LogP contribution in [-0.2, 0) is 0 Å². The number of aryl methyl sites for hydroxylation is 2. The van der Waals surface area contributed by atoms with Crippen molar-refractivity contribution in [1.29, 1.82) is 0 Å². The molecular weight excluding hydrogens is 212 g/mol. The molecule has 1 aromatic rings. The molecule has 1 heterocycles. The lowest BCUT2D eigenvalue weighted by molar-refractivity contribution is 0.0687. The molecule has 1 N–H and O–H groups in total. The molecule has 0 aliphatic heterocycles. The molecule has 1 saturated carbocycles. The minimum absolute atomic E-state index is 0.129. The summed E-state index contributed by atoms with van der Waals surface area (Å²) in [7, 11) is 0. The zero-order chi connectivity index (χ0) is 12.4. The maximum absolute atomic E-state index is 9.89. The van der Waals surface area contributed by atoms with Gasteiger partial charge in [0.05, 0.1) is 11.8 Å². The largest absolute Gasteiger partial charge is 0.393 e. The van der Waals surface area contributed by atoms with Gasteiger partial charge in [0.15, 0.2) is 0 Å². The number of hydrogen-bond donors (Lipinski definition) is 1. The molecule has 0 aromatic carbocycles. The maximum atomic E-state index is 9.89. The SMILES string of the molecule is CCCC1CCC(O)CC1n1cc(C)nc1C. The van der Waals surface area contributed by atoms with Gasteiger partial charge in [0, 0.05) is 12.2 Å². The van der Waals surface area contributed by atoms with Crippen LogP contribution >= 0.6 is 0 Å². The number of aliphatic hydroxyl groups excluding tert-OH is 1. The second-order valence-corrected chi connectivity index (χ2v) is 5.42. The molecule has 0 spiro atoms. The smallest absolute Gasteiger partial charge is 0.106 e. The molecule has 96 valence electrons. The zero-order valence-corrected chi connectivity index (χ0v) is 11.2. The summed E-state index contributed by atoms with van der Waals surface area (Å²) in [6.07, 6.45) is 7.50. The lowest BCUT2D eigenvalue weighted by atomic mass is 9.80. The average molecular weight is 236 g/mol. The Kier molecular flexibility index (Phi) is 3.87. The average Bonchev–Trinajstić information content (AvgIpc) is 2.61. The second-order valence-electron chi connectivity index (χ2n) is 5.42. The van der Waals surface area contributed by atoms with E-state index >= 15 is 0 Å². The second kappa shape index (κ2) is 5.21. The van der Waals surface area contributed by atoms with Gasteiger partial charge in [0.1, 0.15) is 5.82 Å². The highest BCUT2D eigenvalue weighted by Gasteiger charge is 2.30. The van der Waals surface area contributed by atoms with Gasteiger partial charge in [0.2, 0.25) is 0 Å². The first-order valence-corrected chi connectivity index (χ1v) is 6.82. The van der Waals surface area contributed by atoms with Crippen LogP contribution in [-0.4, -0.2) is 20.8 Å². The quantitative estimate of drug-likeness (QED) is 0.876. The van der Waals surface area contributed by atoms with E-state index in [0.29, 0.717) is 12.0 Å². The van der Waals surface area contributed by atoms with Crippen LogP contribution in [0.25, 0.3) is 0 Å². The van der Waals surface area contributed by atoms with Crippen LogP contribution in [0.2, 0.25) is 0 Å². The number of aromatic nitrogens is 2. The lowest BCUT2D eigenvalue weighted by Crippen LogP contribution is -2.30. The molecule has 1 aliphatic rings. The Labute approximate surface area is 104 Å². The number of aliphatic hydroxyl groups is 1. The molecule has 1 aromatic heterocycles. The summed E-state index contributed by atoms with van der Waals surface area (Å²) in [6.45, 7) is 6.35. The molecule has 0 saturated heterocycles. The molecule has 3 unspecified atom stereocenters. The molecule has 0 amide bonds. The Morgan fingerprint density at radius 2 is 2.18 bits per heavy atom. The van der Waals surface area contributed by atoms with E-state index in [0.717, 1.165) is 30.8 Å². The predicted molar refractivity (Wildman–Crippen MR) is 69.0 cm³/mol. The topological polar surface area (TPSA) is 38.0 Å². The van der Waals surface area contributed by atoms with E-state index in [1.807, 2.05) is 6.92 Å². The maximum Gasteiger partial charge on any atom is 0.106 e. The lowest BCUT2D eigenvalue weighted by Gasteiger charge is -2.35. The number of rotatable bonds is 3. The Morgan fingerprint density at radius 1 is 1.41 bits per heavy atom. The van der Waals surface area contributed by atoms with Crippen molar-refractivity contribution in [3.8, 4) is 0 Å².